The van der Waals surface area contributed by atoms with Gasteiger partial charge in [-0.2, -0.15) is 8.42 Å². The lowest BCUT2D eigenvalue weighted by molar-refractivity contribution is -0.202. The van der Waals surface area contributed by atoms with Gasteiger partial charge >= 0.3 is 10.1 Å². The van der Waals surface area contributed by atoms with Gasteiger partial charge in [-0.15, -0.1) is 4.33 Å². The molecule has 0 radical (unpaired) electrons. The molecule has 168 valence electrons. The Morgan fingerprint density at radius 1 is 0.621 bits per heavy atom. The van der Waals surface area contributed by atoms with Crippen LogP contribution in [0.15, 0.2) is 35.2 Å². The van der Waals surface area contributed by atoms with Crippen LogP contribution in [0.4, 0.5) is 0 Å². The minimum absolute atomic E-state index is 0.118. The van der Waals surface area contributed by atoms with Crippen molar-refractivity contribution in [1.82, 2.24) is 0 Å². The molecule has 0 bridgehead atoms. The maximum absolute atomic E-state index is 11.9. The van der Waals surface area contributed by atoms with Crippen molar-refractivity contribution in [2.24, 2.45) is 0 Å². The van der Waals surface area contributed by atoms with Crippen LogP contribution in [0, 0.1) is 0 Å². The smallest absolute Gasteiger partial charge is 0.220 e. The second-order valence-corrected chi connectivity index (χ2v) is 9.48. The van der Waals surface area contributed by atoms with Crippen molar-refractivity contribution in [2.45, 2.75) is 115 Å². The van der Waals surface area contributed by atoms with Gasteiger partial charge in [-0.1, -0.05) is 121 Å². The van der Waals surface area contributed by atoms with Crippen molar-refractivity contribution in [3.8, 4) is 0 Å². The fourth-order valence-corrected chi connectivity index (χ4v) is 4.20. The van der Waals surface area contributed by atoms with Crippen LogP contribution in [0.25, 0.3) is 0 Å². The first-order chi connectivity index (χ1) is 14.2. The molecule has 0 heterocycles. The standard InChI is InChI=1S/C24H42O4S/c1-2-3-4-5-6-7-8-9-10-11-12-13-14-15-16-20-23-27-28-29(25,26)24-21-18-17-19-22-24/h17-19,21-22H,2-16,20,23H2,1H3. The first kappa shape index (κ1) is 26.1. The van der Waals surface area contributed by atoms with E-state index in [1.807, 2.05) is 0 Å². The molecule has 1 aromatic rings. The van der Waals surface area contributed by atoms with Crippen molar-refractivity contribution in [3.63, 3.8) is 0 Å². The van der Waals surface area contributed by atoms with Crippen molar-refractivity contribution < 1.29 is 17.6 Å². The minimum Gasteiger partial charge on any atom is -0.220 e. The third-order valence-corrected chi connectivity index (χ3v) is 6.38. The molecule has 0 unspecified atom stereocenters. The van der Waals surface area contributed by atoms with Gasteiger partial charge in [-0.3, -0.25) is 0 Å². The van der Waals surface area contributed by atoms with Gasteiger partial charge in [0.05, 0.1) is 11.5 Å². The molecule has 5 heteroatoms. The quantitative estimate of drug-likeness (QED) is 0.122. The molecule has 0 saturated carbocycles. The summed E-state index contributed by atoms with van der Waals surface area (Å²) in [6, 6.07) is 8.06. The fourth-order valence-electron chi connectivity index (χ4n) is 3.43. The average molecular weight is 427 g/mol. The van der Waals surface area contributed by atoms with Crippen LogP contribution in [0.3, 0.4) is 0 Å². The topological polar surface area (TPSA) is 52.6 Å². The van der Waals surface area contributed by atoms with Crippen molar-refractivity contribution in [1.29, 1.82) is 0 Å². The van der Waals surface area contributed by atoms with Gasteiger partial charge in [0.2, 0.25) is 0 Å². The minimum atomic E-state index is -3.80. The Hall–Kier alpha value is -0.910. The Labute approximate surface area is 179 Å². The Morgan fingerprint density at radius 2 is 1.03 bits per heavy atom. The molecule has 4 nitrogen and oxygen atoms in total. The van der Waals surface area contributed by atoms with Gasteiger partial charge < -0.3 is 0 Å². The van der Waals surface area contributed by atoms with E-state index in [1.165, 1.54) is 102 Å². The molecule has 29 heavy (non-hydrogen) atoms. The third-order valence-electron chi connectivity index (χ3n) is 5.25. The zero-order valence-electron chi connectivity index (χ0n) is 18.4. The second-order valence-electron chi connectivity index (χ2n) is 7.96. The lowest BCUT2D eigenvalue weighted by atomic mass is 10.0. The number of benzene rings is 1. The summed E-state index contributed by atoms with van der Waals surface area (Å²) in [4.78, 5) is 5.00. The molecule has 0 N–H and O–H groups in total. The number of rotatable bonds is 20. The zero-order chi connectivity index (χ0) is 21.0. The summed E-state index contributed by atoms with van der Waals surface area (Å²) < 4.78 is 28.3. The van der Waals surface area contributed by atoms with E-state index in [-0.39, 0.29) is 4.90 Å². The molecule has 0 aliphatic carbocycles. The Kier molecular flexibility index (Phi) is 16.1. The van der Waals surface area contributed by atoms with Crippen LogP contribution in [-0.4, -0.2) is 15.0 Å². The number of unbranched alkanes of at least 4 members (excludes halogenated alkanes) is 15. The van der Waals surface area contributed by atoms with E-state index in [0.29, 0.717) is 6.61 Å². The van der Waals surface area contributed by atoms with Crippen LogP contribution >= 0.6 is 0 Å². The first-order valence-corrected chi connectivity index (χ1v) is 13.2. The first-order valence-electron chi connectivity index (χ1n) is 11.8. The van der Waals surface area contributed by atoms with Crippen LogP contribution < -0.4 is 0 Å². The second kappa shape index (κ2) is 17.9. The van der Waals surface area contributed by atoms with Crippen LogP contribution in [0.5, 0.6) is 0 Å². The van der Waals surface area contributed by atoms with Gasteiger partial charge in [0.15, 0.2) is 0 Å². The Morgan fingerprint density at radius 3 is 1.48 bits per heavy atom. The SMILES string of the molecule is CCCCCCCCCCCCCCCCCCOOS(=O)(=O)c1ccccc1. The molecule has 1 rings (SSSR count). The van der Waals surface area contributed by atoms with Gasteiger partial charge in [-0.05, 0) is 18.6 Å². The summed E-state index contributed by atoms with van der Waals surface area (Å²) >= 11 is 0. The van der Waals surface area contributed by atoms with E-state index in [1.54, 1.807) is 18.2 Å². The summed E-state index contributed by atoms with van der Waals surface area (Å²) in [7, 11) is -3.80. The summed E-state index contributed by atoms with van der Waals surface area (Å²) in [6.07, 6.45) is 20.9. The van der Waals surface area contributed by atoms with Gasteiger partial charge in [0.1, 0.15) is 0 Å². The lowest BCUT2D eigenvalue weighted by Crippen LogP contribution is -2.08. The molecule has 0 aromatic heterocycles. The predicted molar refractivity (Wildman–Crippen MR) is 120 cm³/mol. The summed E-state index contributed by atoms with van der Waals surface area (Å²) in [5.74, 6) is 0. The third kappa shape index (κ3) is 14.7. The molecular weight excluding hydrogens is 384 g/mol. The van der Waals surface area contributed by atoms with Crippen LogP contribution in [-0.2, 0) is 19.3 Å². The van der Waals surface area contributed by atoms with Crippen molar-refractivity contribution in [2.75, 3.05) is 6.61 Å². The molecular formula is C24H42O4S. The number of hydrogen-bond donors (Lipinski definition) is 0. The van der Waals surface area contributed by atoms with Crippen molar-refractivity contribution >= 4 is 10.1 Å². The molecule has 0 aliphatic rings. The van der Waals surface area contributed by atoms with Crippen LogP contribution in [0.1, 0.15) is 110 Å². The maximum atomic E-state index is 11.9. The van der Waals surface area contributed by atoms with E-state index in [2.05, 4.69) is 11.3 Å². The summed E-state index contributed by atoms with van der Waals surface area (Å²) in [6.45, 7) is 2.58. The highest BCUT2D eigenvalue weighted by Gasteiger charge is 2.15. The lowest BCUT2D eigenvalue weighted by Gasteiger charge is -2.05. The van der Waals surface area contributed by atoms with Gasteiger partial charge in [0.25, 0.3) is 0 Å². The van der Waals surface area contributed by atoms with Gasteiger partial charge in [-0.25, -0.2) is 4.89 Å². The monoisotopic (exact) mass is 426 g/mol. The molecule has 0 spiro atoms. The average Bonchev–Trinajstić information content (AvgIpc) is 2.73. The summed E-state index contributed by atoms with van der Waals surface area (Å²) in [5.41, 5.74) is 0. The number of hydrogen-bond acceptors (Lipinski definition) is 4. The maximum Gasteiger partial charge on any atom is 0.323 e. The largest absolute Gasteiger partial charge is 0.323 e. The van der Waals surface area contributed by atoms with E-state index in [4.69, 9.17) is 4.89 Å². The highest BCUT2D eigenvalue weighted by Crippen LogP contribution is 2.14. The predicted octanol–water partition coefficient (Wildman–Crippen LogP) is 7.59. The highest BCUT2D eigenvalue weighted by molar-refractivity contribution is 7.86. The molecule has 0 aliphatic heterocycles. The fraction of sp³-hybridized carbons (Fsp3) is 0.750. The molecule has 0 saturated heterocycles. The normalized spacial score (nSPS) is 11.8. The Balaban J connectivity index is 1.80. The van der Waals surface area contributed by atoms with Crippen LogP contribution in [0.2, 0.25) is 0 Å². The van der Waals surface area contributed by atoms with E-state index in [9.17, 15) is 8.42 Å². The molecule has 0 amide bonds. The molecule has 0 fully saturated rings. The Bertz CT molecular complexity index is 572. The zero-order valence-corrected chi connectivity index (χ0v) is 19.3. The summed E-state index contributed by atoms with van der Waals surface area (Å²) in [5, 5.41) is 0. The van der Waals surface area contributed by atoms with E-state index in [0.717, 1.165) is 12.8 Å². The highest BCUT2D eigenvalue weighted by atomic mass is 32.2. The van der Waals surface area contributed by atoms with E-state index < -0.39 is 10.1 Å². The van der Waals surface area contributed by atoms with Crippen molar-refractivity contribution in [3.05, 3.63) is 30.3 Å². The molecule has 0 atom stereocenters. The van der Waals surface area contributed by atoms with Gasteiger partial charge in [0, 0.05) is 0 Å². The van der Waals surface area contributed by atoms with E-state index >= 15 is 0 Å². The molecule has 1 aromatic carbocycles.